The summed E-state index contributed by atoms with van der Waals surface area (Å²) >= 11 is 5.82. The monoisotopic (exact) mass is 422 g/mol. The van der Waals surface area contributed by atoms with Crippen molar-refractivity contribution in [2.45, 2.75) is 25.8 Å². The van der Waals surface area contributed by atoms with Gasteiger partial charge in [0, 0.05) is 34.0 Å². The highest BCUT2D eigenvalue weighted by Gasteiger charge is 2.24. The molecule has 4 N–H and O–H groups in total. The fourth-order valence-corrected chi connectivity index (χ4v) is 3.20. The van der Waals surface area contributed by atoms with Crippen LogP contribution in [0.5, 0.6) is 0 Å². The molecule has 0 aromatic heterocycles. The van der Waals surface area contributed by atoms with E-state index in [9.17, 15) is 9.59 Å². The van der Waals surface area contributed by atoms with Gasteiger partial charge in [-0.2, -0.15) is 0 Å². The number of anilines is 3. The normalized spacial score (nSPS) is 18.5. The summed E-state index contributed by atoms with van der Waals surface area (Å²) in [6, 6.07) is 13.9. The minimum absolute atomic E-state index is 0. The molecule has 3 rings (SSSR count). The van der Waals surface area contributed by atoms with Crippen LogP contribution in [-0.2, 0) is 4.79 Å². The summed E-state index contributed by atoms with van der Waals surface area (Å²) in [4.78, 5) is 24.4. The van der Waals surface area contributed by atoms with E-state index in [0.717, 1.165) is 25.1 Å². The van der Waals surface area contributed by atoms with Gasteiger partial charge in [0.1, 0.15) is 0 Å². The largest absolute Gasteiger partial charge is 0.326 e. The minimum Gasteiger partial charge on any atom is -0.326 e. The van der Waals surface area contributed by atoms with Gasteiger partial charge in [-0.15, -0.1) is 12.4 Å². The van der Waals surface area contributed by atoms with E-state index in [-0.39, 0.29) is 30.3 Å². The number of benzene rings is 2. The van der Waals surface area contributed by atoms with Gasteiger partial charge in [-0.25, -0.2) is 4.79 Å². The maximum Gasteiger partial charge on any atom is 0.323 e. The minimum atomic E-state index is -0.349. The van der Waals surface area contributed by atoms with Crippen molar-refractivity contribution in [1.29, 1.82) is 0 Å². The van der Waals surface area contributed by atoms with Gasteiger partial charge in [0.05, 0.1) is 0 Å². The first-order valence-electron chi connectivity index (χ1n) is 8.97. The molecule has 0 aliphatic carbocycles. The van der Waals surface area contributed by atoms with Crippen molar-refractivity contribution in [3.63, 3.8) is 0 Å². The van der Waals surface area contributed by atoms with Gasteiger partial charge >= 0.3 is 6.03 Å². The van der Waals surface area contributed by atoms with Gasteiger partial charge < -0.3 is 21.3 Å². The molecule has 3 amide bonds. The number of hydrogen-bond donors (Lipinski definition) is 4. The number of amides is 3. The topological polar surface area (TPSA) is 82.3 Å². The third-order valence-electron chi connectivity index (χ3n) is 4.51. The lowest BCUT2D eigenvalue weighted by molar-refractivity contribution is -0.120. The Hall–Kier alpha value is -2.28. The van der Waals surface area contributed by atoms with Crippen LogP contribution in [-0.4, -0.2) is 24.5 Å². The molecule has 0 saturated carbocycles. The Morgan fingerprint density at radius 2 is 1.43 bits per heavy atom. The Bertz CT molecular complexity index is 797. The Morgan fingerprint density at radius 3 is 1.96 bits per heavy atom. The van der Waals surface area contributed by atoms with Crippen molar-refractivity contribution >= 4 is 53.0 Å². The standard InChI is InChI=1S/C20H23ClN4O2.ClH/c1-13-12-14(10-11-22-13)19(26)23-16-6-8-18(9-7-16)25-20(27)24-17-4-2-15(21)3-5-17;/h2-9,13-14,22H,10-12H2,1H3,(H,23,26)(H2,24,25,27);1H/t13-,14-;/m0./s1. The predicted octanol–water partition coefficient (Wildman–Crippen LogP) is 4.73. The van der Waals surface area contributed by atoms with Crippen molar-refractivity contribution in [3.05, 3.63) is 53.6 Å². The van der Waals surface area contributed by atoms with Crippen LogP contribution in [0, 0.1) is 5.92 Å². The summed E-state index contributed by atoms with van der Waals surface area (Å²) in [5, 5.41) is 12.4. The van der Waals surface area contributed by atoms with E-state index in [0.29, 0.717) is 22.4 Å². The number of urea groups is 1. The highest BCUT2D eigenvalue weighted by molar-refractivity contribution is 6.30. The first-order valence-corrected chi connectivity index (χ1v) is 9.35. The van der Waals surface area contributed by atoms with E-state index in [2.05, 4.69) is 28.2 Å². The molecule has 8 heteroatoms. The van der Waals surface area contributed by atoms with E-state index >= 15 is 0 Å². The fourth-order valence-electron chi connectivity index (χ4n) is 3.08. The van der Waals surface area contributed by atoms with Crippen LogP contribution < -0.4 is 21.3 Å². The molecule has 28 heavy (non-hydrogen) atoms. The summed E-state index contributed by atoms with van der Waals surface area (Å²) in [7, 11) is 0. The Morgan fingerprint density at radius 1 is 0.929 bits per heavy atom. The summed E-state index contributed by atoms with van der Waals surface area (Å²) in [6.45, 7) is 2.96. The Balaban J connectivity index is 0.00000280. The van der Waals surface area contributed by atoms with Crippen LogP contribution >= 0.6 is 24.0 Å². The maximum atomic E-state index is 12.4. The van der Waals surface area contributed by atoms with Gasteiger partial charge in [-0.1, -0.05) is 11.6 Å². The Kier molecular flexibility index (Phi) is 8.11. The molecular weight excluding hydrogens is 399 g/mol. The number of halogens is 2. The van der Waals surface area contributed by atoms with Crippen LogP contribution in [0.3, 0.4) is 0 Å². The molecule has 1 saturated heterocycles. The van der Waals surface area contributed by atoms with Crippen molar-refractivity contribution in [2.75, 3.05) is 22.5 Å². The molecule has 1 aliphatic rings. The number of carbonyl (C=O) groups is 2. The summed E-state index contributed by atoms with van der Waals surface area (Å²) in [6.07, 6.45) is 1.69. The Labute approximate surface area is 175 Å². The molecule has 0 spiro atoms. The molecule has 0 radical (unpaired) electrons. The lowest BCUT2D eigenvalue weighted by Crippen LogP contribution is -2.40. The first-order chi connectivity index (χ1) is 13.0. The first kappa shape index (κ1) is 22.0. The number of rotatable bonds is 4. The van der Waals surface area contributed by atoms with Crippen LogP contribution in [0.2, 0.25) is 5.02 Å². The van der Waals surface area contributed by atoms with Crippen LogP contribution in [0.1, 0.15) is 19.8 Å². The van der Waals surface area contributed by atoms with Gasteiger partial charge in [-0.3, -0.25) is 4.79 Å². The molecule has 2 aromatic carbocycles. The van der Waals surface area contributed by atoms with Crippen LogP contribution in [0.15, 0.2) is 48.5 Å². The number of nitrogens with one attached hydrogen (secondary N) is 4. The molecule has 1 aliphatic heterocycles. The molecule has 150 valence electrons. The van der Waals surface area contributed by atoms with Gasteiger partial charge in [0.25, 0.3) is 0 Å². The zero-order valence-electron chi connectivity index (χ0n) is 15.5. The average Bonchev–Trinajstić information content (AvgIpc) is 2.65. The molecule has 1 heterocycles. The van der Waals surface area contributed by atoms with E-state index in [1.54, 1.807) is 48.5 Å². The molecular formula is C20H24Cl2N4O2. The molecule has 0 unspecified atom stereocenters. The molecule has 1 fully saturated rings. The predicted molar refractivity (Wildman–Crippen MR) is 117 cm³/mol. The second kappa shape index (κ2) is 10.3. The summed E-state index contributed by atoms with van der Waals surface area (Å²) in [5.74, 6) is 0.0775. The van der Waals surface area contributed by atoms with E-state index in [4.69, 9.17) is 11.6 Å². The fraction of sp³-hybridized carbons (Fsp3) is 0.300. The molecule has 2 atom stereocenters. The van der Waals surface area contributed by atoms with Crippen molar-refractivity contribution < 1.29 is 9.59 Å². The SMILES string of the molecule is C[C@H]1C[C@@H](C(=O)Nc2ccc(NC(=O)Nc3ccc(Cl)cc3)cc2)CCN1.Cl. The number of piperidine rings is 1. The third kappa shape index (κ3) is 6.41. The zero-order chi connectivity index (χ0) is 19.2. The zero-order valence-corrected chi connectivity index (χ0v) is 17.1. The van der Waals surface area contributed by atoms with Crippen molar-refractivity contribution in [1.82, 2.24) is 5.32 Å². The highest BCUT2D eigenvalue weighted by atomic mass is 35.5. The maximum absolute atomic E-state index is 12.4. The third-order valence-corrected chi connectivity index (χ3v) is 4.76. The van der Waals surface area contributed by atoms with Crippen LogP contribution in [0.25, 0.3) is 0 Å². The quantitative estimate of drug-likeness (QED) is 0.574. The second-order valence-corrected chi connectivity index (χ2v) is 7.17. The van der Waals surface area contributed by atoms with Gasteiger partial charge in [0.15, 0.2) is 0 Å². The molecule has 2 aromatic rings. The van der Waals surface area contributed by atoms with Crippen molar-refractivity contribution in [2.24, 2.45) is 5.92 Å². The summed E-state index contributed by atoms with van der Waals surface area (Å²) < 4.78 is 0. The van der Waals surface area contributed by atoms with E-state index in [1.165, 1.54) is 0 Å². The van der Waals surface area contributed by atoms with E-state index in [1.807, 2.05) is 0 Å². The molecule has 6 nitrogen and oxygen atoms in total. The lowest BCUT2D eigenvalue weighted by Gasteiger charge is -2.27. The highest BCUT2D eigenvalue weighted by Crippen LogP contribution is 2.20. The van der Waals surface area contributed by atoms with Crippen LogP contribution in [0.4, 0.5) is 21.9 Å². The average molecular weight is 423 g/mol. The second-order valence-electron chi connectivity index (χ2n) is 6.73. The van der Waals surface area contributed by atoms with E-state index < -0.39 is 0 Å². The van der Waals surface area contributed by atoms with Gasteiger partial charge in [-0.05, 0) is 74.8 Å². The number of hydrogen-bond acceptors (Lipinski definition) is 3. The van der Waals surface area contributed by atoms with Crippen molar-refractivity contribution in [3.8, 4) is 0 Å². The summed E-state index contributed by atoms with van der Waals surface area (Å²) in [5.41, 5.74) is 2.00. The van der Waals surface area contributed by atoms with Gasteiger partial charge in [0.2, 0.25) is 5.91 Å². The smallest absolute Gasteiger partial charge is 0.323 e. The number of carbonyl (C=O) groups excluding carboxylic acids is 2. The lowest BCUT2D eigenvalue weighted by atomic mass is 9.92. The molecule has 0 bridgehead atoms.